The molecule has 1 saturated heterocycles. The highest BCUT2D eigenvalue weighted by atomic mass is 32.1. The molecule has 1 aliphatic rings. The summed E-state index contributed by atoms with van der Waals surface area (Å²) in [6.07, 6.45) is 3.24. The van der Waals surface area contributed by atoms with Crippen LogP contribution in [-0.2, 0) is 0 Å². The Hall–Kier alpha value is -3.52. The van der Waals surface area contributed by atoms with Gasteiger partial charge in [0.1, 0.15) is 9.88 Å². The number of aromatic carboxylic acids is 1. The van der Waals surface area contributed by atoms with Gasteiger partial charge >= 0.3 is 5.97 Å². The highest BCUT2D eigenvalue weighted by molar-refractivity contribution is 7.16. The summed E-state index contributed by atoms with van der Waals surface area (Å²) in [6, 6.07) is 15.7. The van der Waals surface area contributed by atoms with E-state index in [1.165, 1.54) is 23.5 Å². The Morgan fingerprint density at radius 3 is 2.34 bits per heavy atom. The van der Waals surface area contributed by atoms with Crippen molar-refractivity contribution < 1.29 is 19.5 Å². The molecule has 0 aliphatic carbocycles. The monoisotopic (exact) mass is 449 g/mol. The minimum absolute atomic E-state index is 0.0571. The Labute approximate surface area is 189 Å². The van der Waals surface area contributed by atoms with Crippen LogP contribution >= 0.6 is 11.3 Å². The molecule has 0 saturated carbocycles. The lowest BCUT2D eigenvalue weighted by Crippen LogP contribution is -2.41. The van der Waals surface area contributed by atoms with Gasteiger partial charge in [-0.25, -0.2) is 9.78 Å². The van der Waals surface area contributed by atoms with Gasteiger partial charge in [-0.3, -0.25) is 9.59 Å². The van der Waals surface area contributed by atoms with Gasteiger partial charge in [0.15, 0.2) is 0 Å². The molecule has 8 heteroatoms. The highest BCUT2D eigenvalue weighted by Gasteiger charge is 2.24. The second kappa shape index (κ2) is 9.74. The lowest BCUT2D eigenvalue weighted by molar-refractivity contribution is 0.0681. The molecule has 0 bridgehead atoms. The third kappa shape index (κ3) is 5.03. The summed E-state index contributed by atoms with van der Waals surface area (Å²) in [4.78, 5) is 42.8. The Bertz CT molecular complexity index is 1100. The van der Waals surface area contributed by atoms with Crippen LogP contribution in [0.4, 0.5) is 0 Å². The summed E-state index contributed by atoms with van der Waals surface area (Å²) in [6.45, 7) is 1.93. The van der Waals surface area contributed by atoms with Crippen molar-refractivity contribution in [2.45, 2.75) is 12.8 Å². The molecule has 2 heterocycles. The third-order valence-electron chi connectivity index (χ3n) is 5.58. The average Bonchev–Trinajstić information content (AvgIpc) is 3.33. The van der Waals surface area contributed by atoms with Crippen LogP contribution in [0.25, 0.3) is 10.6 Å². The van der Waals surface area contributed by atoms with Crippen molar-refractivity contribution in [3.8, 4) is 10.6 Å². The maximum atomic E-state index is 12.6. The van der Waals surface area contributed by atoms with Gasteiger partial charge < -0.3 is 15.3 Å². The summed E-state index contributed by atoms with van der Waals surface area (Å²) in [5.74, 6) is -0.763. The van der Waals surface area contributed by atoms with Crippen LogP contribution in [0.5, 0.6) is 0 Å². The fourth-order valence-electron chi connectivity index (χ4n) is 3.70. The zero-order valence-corrected chi connectivity index (χ0v) is 18.2. The molecule has 2 amide bonds. The quantitative estimate of drug-likeness (QED) is 0.596. The molecular weight excluding hydrogens is 426 g/mol. The molecule has 2 aromatic carbocycles. The zero-order chi connectivity index (χ0) is 22.5. The number of aromatic nitrogens is 1. The maximum absolute atomic E-state index is 12.6. The van der Waals surface area contributed by atoms with E-state index in [9.17, 15) is 14.4 Å². The van der Waals surface area contributed by atoms with E-state index in [2.05, 4.69) is 10.3 Å². The number of nitrogens with zero attached hydrogens (tertiary/aromatic N) is 2. The number of carboxylic acid groups (broad SMARTS) is 1. The number of carbonyl (C=O) groups is 3. The van der Waals surface area contributed by atoms with E-state index in [0.717, 1.165) is 18.4 Å². The van der Waals surface area contributed by atoms with Crippen LogP contribution in [0.1, 0.15) is 43.2 Å². The Morgan fingerprint density at radius 2 is 1.69 bits per heavy atom. The van der Waals surface area contributed by atoms with Crippen LogP contribution < -0.4 is 5.32 Å². The van der Waals surface area contributed by atoms with Crippen LogP contribution in [0.3, 0.4) is 0 Å². The van der Waals surface area contributed by atoms with Crippen molar-refractivity contribution >= 4 is 29.1 Å². The Balaban J connectivity index is 1.27. The summed E-state index contributed by atoms with van der Waals surface area (Å²) in [5, 5.41) is 12.6. The predicted molar refractivity (Wildman–Crippen MR) is 122 cm³/mol. The number of amides is 2. The normalized spacial score (nSPS) is 14.2. The van der Waals surface area contributed by atoms with Gasteiger partial charge in [0.2, 0.25) is 0 Å². The maximum Gasteiger partial charge on any atom is 0.335 e. The first-order valence-corrected chi connectivity index (χ1v) is 11.2. The highest BCUT2D eigenvalue weighted by Crippen LogP contribution is 2.26. The summed E-state index contributed by atoms with van der Waals surface area (Å²) in [5.41, 5.74) is 1.69. The Kier molecular flexibility index (Phi) is 6.61. The number of hydrogen-bond acceptors (Lipinski definition) is 5. The van der Waals surface area contributed by atoms with Crippen LogP contribution in [-0.4, -0.2) is 52.4 Å². The van der Waals surface area contributed by atoms with Gasteiger partial charge in [-0.2, -0.15) is 0 Å². The molecule has 1 aliphatic heterocycles. The number of benzene rings is 2. The van der Waals surface area contributed by atoms with Crippen molar-refractivity contribution in [3.63, 3.8) is 0 Å². The van der Waals surface area contributed by atoms with Crippen molar-refractivity contribution in [2.75, 3.05) is 19.6 Å². The number of nitrogens with one attached hydrogen (secondary N) is 1. The Morgan fingerprint density at radius 1 is 1.00 bits per heavy atom. The lowest BCUT2D eigenvalue weighted by Gasteiger charge is -2.32. The van der Waals surface area contributed by atoms with E-state index in [4.69, 9.17) is 5.11 Å². The molecule has 0 spiro atoms. The van der Waals surface area contributed by atoms with E-state index in [0.29, 0.717) is 41.0 Å². The van der Waals surface area contributed by atoms with E-state index in [1.54, 1.807) is 18.3 Å². The number of piperidine rings is 1. The van der Waals surface area contributed by atoms with Gasteiger partial charge in [0.05, 0.1) is 11.8 Å². The van der Waals surface area contributed by atoms with E-state index in [-0.39, 0.29) is 17.4 Å². The standard InChI is InChI=1S/C24H23N3O4S/c28-21(20-15-26-22(32-20)17-6-8-19(9-7-17)24(30)31)25-14-16-10-12-27(13-11-16)23(29)18-4-2-1-3-5-18/h1-9,15-16H,10-14H2,(H,25,28)(H,30,31). The molecule has 164 valence electrons. The van der Waals surface area contributed by atoms with Crippen molar-refractivity contribution in [3.05, 3.63) is 76.8 Å². The fourth-order valence-corrected chi connectivity index (χ4v) is 4.53. The van der Waals surface area contributed by atoms with Crippen LogP contribution in [0.2, 0.25) is 0 Å². The number of rotatable bonds is 6. The lowest BCUT2D eigenvalue weighted by atomic mass is 9.96. The molecule has 1 fully saturated rings. The van der Waals surface area contributed by atoms with E-state index < -0.39 is 5.97 Å². The number of carbonyl (C=O) groups excluding carboxylic acids is 2. The summed E-state index contributed by atoms with van der Waals surface area (Å²) < 4.78 is 0. The van der Waals surface area contributed by atoms with Crippen molar-refractivity contribution in [1.82, 2.24) is 15.2 Å². The molecule has 2 N–H and O–H groups in total. The first-order valence-electron chi connectivity index (χ1n) is 10.4. The zero-order valence-electron chi connectivity index (χ0n) is 17.4. The number of thiazole rings is 1. The number of hydrogen-bond donors (Lipinski definition) is 2. The van der Waals surface area contributed by atoms with E-state index >= 15 is 0 Å². The van der Waals surface area contributed by atoms with Crippen molar-refractivity contribution in [2.24, 2.45) is 5.92 Å². The van der Waals surface area contributed by atoms with Gasteiger partial charge in [-0.15, -0.1) is 11.3 Å². The average molecular weight is 450 g/mol. The van der Waals surface area contributed by atoms with Crippen LogP contribution in [0, 0.1) is 5.92 Å². The van der Waals surface area contributed by atoms with Crippen molar-refractivity contribution in [1.29, 1.82) is 0 Å². The topological polar surface area (TPSA) is 99.6 Å². The molecule has 3 aromatic rings. The third-order valence-corrected chi connectivity index (χ3v) is 6.63. The first kappa shape index (κ1) is 21.7. The molecule has 0 atom stereocenters. The second-order valence-corrected chi connectivity index (χ2v) is 8.75. The molecule has 0 radical (unpaired) electrons. The molecular formula is C24H23N3O4S. The van der Waals surface area contributed by atoms with Gasteiger partial charge in [0.25, 0.3) is 11.8 Å². The van der Waals surface area contributed by atoms with E-state index in [1.807, 2.05) is 35.2 Å². The van der Waals surface area contributed by atoms with Crippen LogP contribution in [0.15, 0.2) is 60.8 Å². The minimum Gasteiger partial charge on any atom is -0.478 e. The minimum atomic E-state index is -0.981. The largest absolute Gasteiger partial charge is 0.478 e. The number of carboxylic acids is 1. The second-order valence-electron chi connectivity index (χ2n) is 7.72. The molecule has 32 heavy (non-hydrogen) atoms. The summed E-state index contributed by atoms with van der Waals surface area (Å²) in [7, 11) is 0. The SMILES string of the molecule is O=C(O)c1ccc(-c2ncc(C(=O)NCC3CCN(C(=O)c4ccccc4)CC3)s2)cc1. The first-order chi connectivity index (χ1) is 15.5. The molecule has 0 unspecified atom stereocenters. The molecule has 4 rings (SSSR count). The number of likely N-dealkylation sites (tertiary alicyclic amines) is 1. The van der Waals surface area contributed by atoms with Gasteiger partial charge in [-0.1, -0.05) is 30.3 Å². The molecule has 1 aromatic heterocycles. The molecule has 7 nitrogen and oxygen atoms in total. The summed E-state index contributed by atoms with van der Waals surface area (Å²) >= 11 is 1.27. The van der Waals surface area contributed by atoms with Gasteiger partial charge in [0, 0.05) is 30.8 Å². The smallest absolute Gasteiger partial charge is 0.335 e. The van der Waals surface area contributed by atoms with Gasteiger partial charge in [-0.05, 0) is 43.0 Å². The fraction of sp³-hybridized carbons (Fsp3) is 0.250. The predicted octanol–water partition coefficient (Wildman–Crippen LogP) is 3.79.